The molecule has 2 aromatic heterocycles. The van der Waals surface area contributed by atoms with Gasteiger partial charge in [0.2, 0.25) is 17.8 Å². The maximum Gasteiger partial charge on any atom is 0.296 e. The fraction of sp³-hybridized carbons (Fsp3) is 0.333. The maximum absolute atomic E-state index is 14.0. The van der Waals surface area contributed by atoms with Gasteiger partial charge in [-0.3, -0.25) is 4.57 Å². The number of aromatic nitrogens is 5. The van der Waals surface area contributed by atoms with Crippen molar-refractivity contribution in [3.8, 4) is 5.95 Å². The van der Waals surface area contributed by atoms with Crippen LogP contribution < -0.4 is 10.2 Å². The summed E-state index contributed by atoms with van der Waals surface area (Å²) in [5, 5.41) is 3.48. The molecule has 34 heavy (non-hydrogen) atoms. The van der Waals surface area contributed by atoms with Crippen molar-refractivity contribution in [2.24, 2.45) is 0 Å². The molecule has 2 fully saturated rings. The maximum atomic E-state index is 14.0. The molecule has 6 rings (SSSR count). The van der Waals surface area contributed by atoms with Crippen LogP contribution in [0.2, 0.25) is 0 Å². The van der Waals surface area contributed by atoms with Crippen LogP contribution >= 0.6 is 0 Å². The van der Waals surface area contributed by atoms with Crippen molar-refractivity contribution in [1.29, 1.82) is 0 Å². The molecule has 0 atom stereocenters. The predicted molar refractivity (Wildman–Crippen MR) is 123 cm³/mol. The van der Waals surface area contributed by atoms with Crippen molar-refractivity contribution in [3.63, 3.8) is 0 Å². The van der Waals surface area contributed by atoms with Gasteiger partial charge in [0.05, 0.1) is 29.8 Å². The highest BCUT2D eigenvalue weighted by Crippen LogP contribution is 2.47. The summed E-state index contributed by atoms with van der Waals surface area (Å²) in [5.41, 5.74) is 1.85. The molecule has 8 nitrogen and oxygen atoms in total. The summed E-state index contributed by atoms with van der Waals surface area (Å²) in [6, 6.07) is 17.1. The second-order valence-electron chi connectivity index (χ2n) is 8.53. The van der Waals surface area contributed by atoms with Crippen LogP contribution in [0.15, 0.2) is 54.6 Å². The van der Waals surface area contributed by atoms with Gasteiger partial charge in [-0.2, -0.15) is 15.0 Å². The average molecular weight is 463 g/mol. The minimum Gasteiger partial charge on any atom is -0.378 e. The van der Waals surface area contributed by atoms with E-state index < -0.39 is 12.2 Å². The lowest BCUT2D eigenvalue weighted by Crippen LogP contribution is -2.38. The predicted octanol–water partition coefficient (Wildman–Crippen LogP) is 4.09. The molecule has 2 aliphatic rings. The van der Waals surface area contributed by atoms with Crippen LogP contribution in [0.4, 0.5) is 20.7 Å². The molecule has 1 aliphatic heterocycles. The number of imidazole rings is 1. The standard InChI is InChI=1S/C24H23F2N7O/c25-19(26)20-27-17-8-4-5-9-18(17)33(20)23-29-21(28-22(30-23)32-12-14-34-15-13-32)31-24(10-11-24)16-6-2-1-3-7-16/h1-9,19H,10-15H2,(H,28,29,30,31). The fourth-order valence-electron chi connectivity index (χ4n) is 4.40. The van der Waals surface area contributed by atoms with Crippen LogP contribution in [0.1, 0.15) is 30.7 Å². The Bertz CT molecular complexity index is 1320. The highest BCUT2D eigenvalue weighted by Gasteiger charge is 2.45. The molecule has 1 saturated carbocycles. The Morgan fingerprint density at radius 3 is 2.29 bits per heavy atom. The van der Waals surface area contributed by atoms with Crippen LogP contribution in [0, 0.1) is 0 Å². The third-order valence-corrected chi connectivity index (χ3v) is 6.32. The van der Waals surface area contributed by atoms with E-state index in [-0.39, 0.29) is 11.5 Å². The number of para-hydroxylation sites is 2. The van der Waals surface area contributed by atoms with E-state index in [0.717, 1.165) is 18.4 Å². The third kappa shape index (κ3) is 3.73. The van der Waals surface area contributed by atoms with Crippen LogP contribution in [0.25, 0.3) is 17.0 Å². The van der Waals surface area contributed by atoms with Crippen LogP contribution in [0.3, 0.4) is 0 Å². The van der Waals surface area contributed by atoms with Crippen molar-refractivity contribution < 1.29 is 13.5 Å². The first-order valence-electron chi connectivity index (χ1n) is 11.3. The van der Waals surface area contributed by atoms with Gasteiger partial charge in [-0.25, -0.2) is 13.8 Å². The zero-order valence-corrected chi connectivity index (χ0v) is 18.4. The number of alkyl halides is 2. The summed E-state index contributed by atoms with van der Waals surface area (Å²) in [6.45, 7) is 2.32. The molecule has 10 heteroatoms. The van der Waals surface area contributed by atoms with Gasteiger partial charge in [-0.1, -0.05) is 42.5 Å². The summed E-state index contributed by atoms with van der Waals surface area (Å²) in [7, 11) is 0. The number of ether oxygens (including phenoxy) is 1. The smallest absolute Gasteiger partial charge is 0.296 e. The van der Waals surface area contributed by atoms with E-state index in [1.54, 1.807) is 24.3 Å². The lowest BCUT2D eigenvalue weighted by atomic mass is 10.1. The van der Waals surface area contributed by atoms with E-state index >= 15 is 0 Å². The van der Waals surface area contributed by atoms with Crippen molar-refractivity contribution in [2.45, 2.75) is 24.8 Å². The third-order valence-electron chi connectivity index (χ3n) is 6.32. The Morgan fingerprint density at radius 1 is 0.853 bits per heavy atom. The van der Waals surface area contributed by atoms with E-state index in [9.17, 15) is 8.78 Å². The molecule has 1 N–H and O–H groups in total. The van der Waals surface area contributed by atoms with Gasteiger partial charge >= 0.3 is 0 Å². The Balaban J connectivity index is 1.48. The molecule has 0 bridgehead atoms. The quantitative estimate of drug-likeness (QED) is 0.461. The van der Waals surface area contributed by atoms with E-state index in [2.05, 4.69) is 37.4 Å². The van der Waals surface area contributed by atoms with E-state index in [4.69, 9.17) is 4.74 Å². The Labute approximate surface area is 194 Å². The first kappa shape index (κ1) is 20.9. The zero-order valence-electron chi connectivity index (χ0n) is 18.4. The van der Waals surface area contributed by atoms with Crippen molar-refractivity contribution >= 4 is 22.9 Å². The number of nitrogens with zero attached hydrogens (tertiary/aromatic N) is 6. The van der Waals surface area contributed by atoms with Crippen molar-refractivity contribution in [1.82, 2.24) is 24.5 Å². The topological polar surface area (TPSA) is 81.0 Å². The molecule has 174 valence electrons. The monoisotopic (exact) mass is 463 g/mol. The van der Waals surface area contributed by atoms with E-state index in [0.29, 0.717) is 49.2 Å². The average Bonchev–Trinajstić information content (AvgIpc) is 3.55. The number of morpholine rings is 1. The Kier molecular flexibility index (Phi) is 5.09. The van der Waals surface area contributed by atoms with Crippen LogP contribution in [-0.4, -0.2) is 50.8 Å². The van der Waals surface area contributed by atoms with Gasteiger partial charge in [-0.05, 0) is 30.5 Å². The first-order chi connectivity index (χ1) is 16.6. The van der Waals surface area contributed by atoms with Gasteiger partial charge in [0.25, 0.3) is 6.43 Å². The summed E-state index contributed by atoms with van der Waals surface area (Å²) in [6.07, 6.45) is -0.922. The zero-order chi connectivity index (χ0) is 23.1. The molecule has 3 heterocycles. The van der Waals surface area contributed by atoms with Gasteiger partial charge in [-0.15, -0.1) is 0 Å². The van der Waals surface area contributed by atoms with E-state index in [1.165, 1.54) is 4.57 Å². The van der Waals surface area contributed by atoms with Crippen molar-refractivity contribution in [3.05, 3.63) is 66.0 Å². The normalized spacial score (nSPS) is 17.3. The molecule has 0 amide bonds. The minimum absolute atomic E-state index is 0.117. The summed E-state index contributed by atoms with van der Waals surface area (Å²) < 4.78 is 34.8. The number of anilines is 2. The Hall–Kier alpha value is -3.66. The number of nitrogens with one attached hydrogen (secondary N) is 1. The lowest BCUT2D eigenvalue weighted by Gasteiger charge is -2.27. The molecule has 1 saturated heterocycles. The number of hydrogen-bond acceptors (Lipinski definition) is 7. The lowest BCUT2D eigenvalue weighted by molar-refractivity contribution is 0.122. The molecule has 4 aromatic rings. The molecule has 0 unspecified atom stereocenters. The SMILES string of the molecule is FC(F)c1nc2ccccc2n1-c1nc(NC2(c3ccccc3)CC2)nc(N2CCOCC2)n1. The molecular formula is C24H23F2N7O. The number of fused-ring (bicyclic) bond motifs is 1. The number of benzene rings is 2. The number of halogens is 2. The van der Waals surface area contributed by atoms with Crippen molar-refractivity contribution in [2.75, 3.05) is 36.5 Å². The summed E-state index contributed by atoms with van der Waals surface area (Å²) in [4.78, 5) is 20.1. The largest absolute Gasteiger partial charge is 0.378 e. The molecule has 1 aliphatic carbocycles. The highest BCUT2D eigenvalue weighted by molar-refractivity contribution is 5.77. The van der Waals surface area contributed by atoms with E-state index in [1.807, 2.05) is 23.1 Å². The highest BCUT2D eigenvalue weighted by atomic mass is 19.3. The molecule has 0 spiro atoms. The second-order valence-corrected chi connectivity index (χ2v) is 8.53. The second kappa shape index (κ2) is 8.28. The Morgan fingerprint density at radius 2 is 1.56 bits per heavy atom. The van der Waals surface area contributed by atoms with Gasteiger partial charge in [0.1, 0.15) is 0 Å². The molecular weight excluding hydrogens is 440 g/mol. The van der Waals surface area contributed by atoms with Crippen LogP contribution in [0.5, 0.6) is 0 Å². The number of hydrogen-bond donors (Lipinski definition) is 1. The van der Waals surface area contributed by atoms with Gasteiger partial charge in [0, 0.05) is 13.1 Å². The van der Waals surface area contributed by atoms with Gasteiger partial charge in [0.15, 0.2) is 5.82 Å². The molecule has 0 radical (unpaired) electrons. The first-order valence-corrected chi connectivity index (χ1v) is 11.3. The molecule has 2 aromatic carbocycles. The number of rotatable bonds is 6. The minimum atomic E-state index is -2.79. The van der Waals surface area contributed by atoms with Gasteiger partial charge < -0.3 is 15.0 Å². The van der Waals surface area contributed by atoms with Crippen LogP contribution in [-0.2, 0) is 10.3 Å². The summed E-state index contributed by atoms with van der Waals surface area (Å²) in [5.74, 6) is 0.505. The summed E-state index contributed by atoms with van der Waals surface area (Å²) >= 11 is 0. The fourth-order valence-corrected chi connectivity index (χ4v) is 4.40.